The van der Waals surface area contributed by atoms with Crippen LogP contribution in [0.15, 0.2) is 84.9 Å². The third-order valence-electron chi connectivity index (χ3n) is 7.22. The summed E-state index contributed by atoms with van der Waals surface area (Å²) in [6.07, 6.45) is 0.959. The first-order valence-electron chi connectivity index (χ1n) is 14.2. The van der Waals surface area contributed by atoms with Gasteiger partial charge in [-0.2, -0.15) is 0 Å². The lowest BCUT2D eigenvalue weighted by molar-refractivity contribution is -0.138. The zero-order valence-electron chi connectivity index (χ0n) is 23.7. The van der Waals surface area contributed by atoms with Crippen molar-refractivity contribution in [1.82, 2.24) is 15.1 Å². The largest absolute Gasteiger partial charge is 0.489 e. The first-order valence-corrected chi connectivity index (χ1v) is 14.2. The Kier molecular flexibility index (Phi) is 10.7. The van der Waals surface area contributed by atoms with E-state index in [-0.39, 0.29) is 17.7 Å². The third-order valence-corrected chi connectivity index (χ3v) is 7.22. The van der Waals surface area contributed by atoms with Crippen LogP contribution in [0.1, 0.15) is 37.0 Å². The Morgan fingerprint density at radius 2 is 1.43 bits per heavy atom. The summed E-state index contributed by atoms with van der Waals surface area (Å²) in [5.41, 5.74) is 9.49. The molecule has 7 nitrogen and oxygen atoms in total. The lowest BCUT2D eigenvalue weighted by atomic mass is 10.0. The number of piperazine rings is 1. The van der Waals surface area contributed by atoms with Crippen LogP contribution in [0.25, 0.3) is 0 Å². The number of nitrogens with two attached hydrogens (primary N) is 1. The van der Waals surface area contributed by atoms with Gasteiger partial charge in [0.15, 0.2) is 0 Å². The highest BCUT2D eigenvalue weighted by Crippen LogP contribution is 2.17. The molecule has 2 amide bonds. The average Bonchev–Trinajstić information content (AvgIpc) is 2.97. The minimum atomic E-state index is -0.678. The number of hydrogen-bond acceptors (Lipinski definition) is 5. The minimum Gasteiger partial charge on any atom is -0.489 e. The molecule has 0 aliphatic carbocycles. The first-order chi connectivity index (χ1) is 19.4. The summed E-state index contributed by atoms with van der Waals surface area (Å²) in [5.74, 6) is 0.704. The fourth-order valence-electron chi connectivity index (χ4n) is 4.98. The average molecular weight is 543 g/mol. The van der Waals surface area contributed by atoms with Gasteiger partial charge in [0.05, 0.1) is 6.04 Å². The van der Waals surface area contributed by atoms with Gasteiger partial charge in [-0.15, -0.1) is 0 Å². The molecule has 4 rings (SSSR count). The van der Waals surface area contributed by atoms with Crippen LogP contribution < -0.4 is 15.8 Å². The maximum absolute atomic E-state index is 13.7. The van der Waals surface area contributed by atoms with Crippen molar-refractivity contribution in [3.8, 4) is 5.75 Å². The van der Waals surface area contributed by atoms with E-state index in [2.05, 4.69) is 22.3 Å². The van der Waals surface area contributed by atoms with Crippen molar-refractivity contribution in [2.24, 2.45) is 11.7 Å². The number of benzene rings is 3. The van der Waals surface area contributed by atoms with Crippen LogP contribution >= 0.6 is 0 Å². The highest BCUT2D eigenvalue weighted by atomic mass is 16.5. The normalized spacial score (nSPS) is 15.4. The minimum absolute atomic E-state index is 0.0612. The number of amides is 2. The number of hydrogen-bond donors (Lipinski definition) is 2. The Balaban J connectivity index is 1.38. The van der Waals surface area contributed by atoms with Gasteiger partial charge in [-0.25, -0.2) is 0 Å². The molecule has 3 aromatic carbocycles. The zero-order chi connectivity index (χ0) is 28.3. The van der Waals surface area contributed by atoms with E-state index in [0.717, 1.165) is 36.5 Å². The van der Waals surface area contributed by atoms with Gasteiger partial charge in [-0.1, -0.05) is 86.6 Å². The molecule has 1 heterocycles. The Hall–Kier alpha value is -3.68. The summed E-state index contributed by atoms with van der Waals surface area (Å²) in [6.45, 7) is 8.26. The zero-order valence-corrected chi connectivity index (χ0v) is 23.7. The summed E-state index contributed by atoms with van der Waals surface area (Å²) >= 11 is 0. The molecular weight excluding hydrogens is 500 g/mol. The summed E-state index contributed by atoms with van der Waals surface area (Å²) in [6, 6.07) is 26.8. The first kappa shape index (κ1) is 29.3. The number of nitrogens with one attached hydrogen (secondary N) is 1. The fraction of sp³-hybridized carbons (Fsp3) is 0.394. The van der Waals surface area contributed by atoms with Crippen LogP contribution in [0.2, 0.25) is 0 Å². The van der Waals surface area contributed by atoms with Crippen LogP contribution in [0.3, 0.4) is 0 Å². The fourth-order valence-corrected chi connectivity index (χ4v) is 4.98. The standard InChI is InChI=1S/C33H42N4O3/c1-25(2)21-30(34)32(38)35-31(22-26-13-15-29(16-14-26)40-24-28-11-7-4-8-12-28)33(39)37-19-17-36(18-20-37)23-27-9-5-3-6-10-27/h3-16,25,30-31H,17-24,34H2,1-2H3,(H,35,38)/t30-,31+/m0/s1. The van der Waals surface area contributed by atoms with Gasteiger partial charge in [0, 0.05) is 39.1 Å². The van der Waals surface area contributed by atoms with Crippen LogP contribution in [-0.2, 0) is 29.2 Å². The van der Waals surface area contributed by atoms with E-state index in [9.17, 15) is 9.59 Å². The van der Waals surface area contributed by atoms with E-state index in [1.165, 1.54) is 5.56 Å². The molecular formula is C33H42N4O3. The van der Waals surface area contributed by atoms with Crippen LogP contribution in [0, 0.1) is 5.92 Å². The van der Waals surface area contributed by atoms with Gasteiger partial charge in [0.1, 0.15) is 18.4 Å². The summed E-state index contributed by atoms with van der Waals surface area (Å²) < 4.78 is 5.91. The molecule has 7 heteroatoms. The second-order valence-corrected chi connectivity index (χ2v) is 11.0. The maximum Gasteiger partial charge on any atom is 0.245 e. The van der Waals surface area contributed by atoms with Crippen molar-refractivity contribution in [3.05, 3.63) is 102 Å². The van der Waals surface area contributed by atoms with E-state index in [0.29, 0.717) is 32.5 Å². The van der Waals surface area contributed by atoms with Gasteiger partial charge >= 0.3 is 0 Å². The highest BCUT2D eigenvalue weighted by Gasteiger charge is 2.30. The molecule has 0 bridgehead atoms. The Bertz CT molecular complexity index is 1190. The van der Waals surface area contributed by atoms with Gasteiger partial charge < -0.3 is 20.7 Å². The maximum atomic E-state index is 13.7. The Morgan fingerprint density at radius 3 is 2.02 bits per heavy atom. The second kappa shape index (κ2) is 14.6. The molecule has 2 atom stereocenters. The summed E-state index contributed by atoms with van der Waals surface area (Å²) in [7, 11) is 0. The van der Waals surface area contributed by atoms with Crippen LogP contribution in [0.5, 0.6) is 5.75 Å². The molecule has 0 aromatic heterocycles. The summed E-state index contributed by atoms with van der Waals surface area (Å²) in [5, 5.41) is 2.98. The molecule has 1 aliphatic rings. The highest BCUT2D eigenvalue weighted by molar-refractivity contribution is 5.90. The van der Waals surface area contributed by atoms with Gasteiger partial charge in [0.25, 0.3) is 0 Å². The van der Waals surface area contributed by atoms with Gasteiger partial charge in [-0.05, 0) is 41.2 Å². The monoisotopic (exact) mass is 542 g/mol. The molecule has 0 saturated carbocycles. The topological polar surface area (TPSA) is 87.9 Å². The predicted octanol–water partition coefficient (Wildman–Crippen LogP) is 4.01. The number of nitrogens with zero attached hydrogens (tertiary/aromatic N) is 2. The molecule has 1 fully saturated rings. The molecule has 0 radical (unpaired) electrons. The number of carbonyl (C=O) groups is 2. The molecule has 40 heavy (non-hydrogen) atoms. The van der Waals surface area contributed by atoms with E-state index >= 15 is 0 Å². The molecule has 212 valence electrons. The Labute approximate surface area is 238 Å². The smallest absolute Gasteiger partial charge is 0.245 e. The predicted molar refractivity (Wildman–Crippen MR) is 159 cm³/mol. The quantitative estimate of drug-likeness (QED) is 0.361. The van der Waals surface area contributed by atoms with E-state index in [1.54, 1.807) is 0 Å². The van der Waals surface area contributed by atoms with E-state index in [1.807, 2.05) is 91.5 Å². The molecule has 0 spiro atoms. The summed E-state index contributed by atoms with van der Waals surface area (Å²) in [4.78, 5) is 30.9. The van der Waals surface area contributed by atoms with Crippen molar-refractivity contribution in [2.75, 3.05) is 26.2 Å². The third kappa shape index (κ3) is 8.93. The number of carbonyl (C=O) groups excluding carboxylic acids is 2. The molecule has 3 aromatic rings. The lowest BCUT2D eigenvalue weighted by Crippen LogP contribution is -2.57. The van der Waals surface area contributed by atoms with Crippen molar-refractivity contribution in [1.29, 1.82) is 0 Å². The van der Waals surface area contributed by atoms with Crippen molar-refractivity contribution >= 4 is 11.8 Å². The van der Waals surface area contributed by atoms with Crippen LogP contribution in [0.4, 0.5) is 0 Å². The van der Waals surface area contributed by atoms with Crippen molar-refractivity contribution in [3.63, 3.8) is 0 Å². The van der Waals surface area contributed by atoms with E-state index in [4.69, 9.17) is 10.5 Å². The van der Waals surface area contributed by atoms with Crippen LogP contribution in [-0.4, -0.2) is 59.9 Å². The van der Waals surface area contributed by atoms with E-state index < -0.39 is 12.1 Å². The van der Waals surface area contributed by atoms with Gasteiger partial charge in [-0.3, -0.25) is 14.5 Å². The molecule has 3 N–H and O–H groups in total. The lowest BCUT2D eigenvalue weighted by Gasteiger charge is -2.36. The molecule has 1 aliphatic heterocycles. The number of ether oxygens (including phenoxy) is 1. The number of rotatable bonds is 12. The SMILES string of the molecule is CC(C)C[C@H](N)C(=O)N[C@H](Cc1ccc(OCc2ccccc2)cc1)C(=O)N1CCN(Cc2ccccc2)CC1. The molecule has 0 unspecified atom stereocenters. The van der Waals surface area contributed by atoms with Gasteiger partial charge in [0.2, 0.25) is 11.8 Å². The molecule has 1 saturated heterocycles. The van der Waals surface area contributed by atoms with Crippen molar-refractivity contribution in [2.45, 2.75) is 51.9 Å². The Morgan fingerprint density at radius 1 is 0.825 bits per heavy atom. The second-order valence-electron chi connectivity index (χ2n) is 11.0. The van der Waals surface area contributed by atoms with Crippen molar-refractivity contribution < 1.29 is 14.3 Å².